The summed E-state index contributed by atoms with van der Waals surface area (Å²) in [5, 5.41) is 5.14. The first kappa shape index (κ1) is 13.9. The molecular formula is C11H15FN4O2. The van der Waals surface area contributed by atoms with Crippen molar-refractivity contribution in [3.05, 3.63) is 29.8 Å². The highest BCUT2D eigenvalue weighted by Crippen LogP contribution is 1.99. The fourth-order valence-electron chi connectivity index (χ4n) is 1.15. The number of rotatable bonds is 4. The van der Waals surface area contributed by atoms with Crippen LogP contribution in [0.25, 0.3) is 0 Å². The second-order valence-electron chi connectivity index (χ2n) is 3.75. The molecule has 0 fully saturated rings. The lowest BCUT2D eigenvalue weighted by atomic mass is 10.2. The van der Waals surface area contributed by atoms with Crippen molar-refractivity contribution in [1.29, 1.82) is 0 Å². The molecule has 18 heavy (non-hydrogen) atoms. The average molecular weight is 254 g/mol. The van der Waals surface area contributed by atoms with Crippen molar-refractivity contribution < 1.29 is 14.0 Å². The Morgan fingerprint density at radius 3 is 2.61 bits per heavy atom. The lowest BCUT2D eigenvalue weighted by molar-refractivity contribution is 0.0953. The number of aromatic nitrogens is 1. The molecule has 0 unspecified atom stereocenters. The maximum atomic E-state index is 12.8. The van der Waals surface area contributed by atoms with Gasteiger partial charge in [0.05, 0.1) is 0 Å². The highest BCUT2D eigenvalue weighted by Gasteiger charge is 2.06. The molecule has 0 radical (unpaired) electrons. The summed E-state index contributed by atoms with van der Waals surface area (Å²) in [6, 6.07) is 2.23. The Kier molecular flexibility index (Phi) is 5.04. The van der Waals surface area contributed by atoms with Gasteiger partial charge in [-0.25, -0.2) is 9.78 Å². The second-order valence-corrected chi connectivity index (χ2v) is 3.75. The van der Waals surface area contributed by atoms with Gasteiger partial charge in [0.2, 0.25) is 5.95 Å². The van der Waals surface area contributed by atoms with Gasteiger partial charge in [0.25, 0.3) is 5.91 Å². The van der Waals surface area contributed by atoms with E-state index in [4.69, 9.17) is 0 Å². The first-order valence-corrected chi connectivity index (χ1v) is 5.35. The number of amides is 3. The smallest absolute Gasteiger partial charge is 0.316 e. The molecule has 0 aromatic carbocycles. The normalized spacial score (nSPS) is 9.72. The molecular weight excluding hydrogens is 239 g/mol. The first-order chi connectivity index (χ1) is 8.50. The SMILES string of the molecule is CN(C)C(=O)NCCNC(=O)c1ccnc(F)c1. The fourth-order valence-corrected chi connectivity index (χ4v) is 1.15. The Balaban J connectivity index is 2.32. The van der Waals surface area contributed by atoms with Crippen molar-refractivity contribution >= 4 is 11.9 Å². The van der Waals surface area contributed by atoms with Crippen LogP contribution in [0.4, 0.5) is 9.18 Å². The first-order valence-electron chi connectivity index (χ1n) is 5.35. The van der Waals surface area contributed by atoms with Crippen LogP contribution in [0.15, 0.2) is 18.3 Å². The molecule has 1 aromatic heterocycles. The number of hydrogen-bond donors (Lipinski definition) is 2. The van der Waals surface area contributed by atoms with Crippen LogP contribution in [0.3, 0.4) is 0 Å². The summed E-state index contributed by atoms with van der Waals surface area (Å²) in [5.41, 5.74) is 0.196. The zero-order valence-electron chi connectivity index (χ0n) is 10.2. The van der Waals surface area contributed by atoms with Crippen LogP contribution in [0, 0.1) is 5.95 Å². The Bertz CT molecular complexity index is 437. The number of carbonyl (C=O) groups excluding carboxylic acids is 2. The van der Waals surface area contributed by atoms with Gasteiger partial charge in [0.15, 0.2) is 0 Å². The molecule has 1 heterocycles. The summed E-state index contributed by atoms with van der Waals surface area (Å²) < 4.78 is 12.8. The third kappa shape index (κ3) is 4.36. The van der Waals surface area contributed by atoms with Crippen molar-refractivity contribution in [1.82, 2.24) is 20.5 Å². The van der Waals surface area contributed by atoms with E-state index >= 15 is 0 Å². The highest BCUT2D eigenvalue weighted by molar-refractivity contribution is 5.94. The zero-order chi connectivity index (χ0) is 13.5. The van der Waals surface area contributed by atoms with Crippen LogP contribution in [-0.4, -0.2) is 49.0 Å². The standard InChI is InChI=1S/C11H15FN4O2/c1-16(2)11(18)15-6-5-14-10(17)8-3-4-13-9(12)7-8/h3-4,7H,5-6H2,1-2H3,(H,14,17)(H,15,18). The zero-order valence-corrected chi connectivity index (χ0v) is 10.2. The summed E-state index contributed by atoms with van der Waals surface area (Å²) >= 11 is 0. The summed E-state index contributed by atoms with van der Waals surface area (Å²) in [5.74, 6) is -1.11. The van der Waals surface area contributed by atoms with E-state index < -0.39 is 11.9 Å². The maximum Gasteiger partial charge on any atom is 0.316 e. The Morgan fingerprint density at radius 2 is 2.00 bits per heavy atom. The van der Waals surface area contributed by atoms with Gasteiger partial charge in [0, 0.05) is 45.0 Å². The maximum absolute atomic E-state index is 12.8. The third-order valence-corrected chi connectivity index (χ3v) is 2.08. The summed E-state index contributed by atoms with van der Waals surface area (Å²) in [6.07, 6.45) is 1.22. The van der Waals surface area contributed by atoms with Crippen LogP contribution in [0.1, 0.15) is 10.4 Å². The van der Waals surface area contributed by atoms with Gasteiger partial charge in [-0.15, -0.1) is 0 Å². The minimum absolute atomic E-state index is 0.196. The Morgan fingerprint density at radius 1 is 1.33 bits per heavy atom. The Labute approximate surface area is 104 Å². The molecule has 1 aromatic rings. The molecule has 0 aliphatic rings. The number of nitrogens with one attached hydrogen (secondary N) is 2. The molecule has 0 aliphatic heterocycles. The summed E-state index contributed by atoms with van der Waals surface area (Å²) in [4.78, 5) is 27.4. The lowest BCUT2D eigenvalue weighted by Gasteiger charge is -2.12. The summed E-state index contributed by atoms with van der Waals surface area (Å²) in [7, 11) is 3.24. The van der Waals surface area contributed by atoms with Gasteiger partial charge >= 0.3 is 6.03 Å². The van der Waals surface area contributed by atoms with E-state index in [1.54, 1.807) is 14.1 Å². The minimum Gasteiger partial charge on any atom is -0.350 e. The molecule has 98 valence electrons. The molecule has 0 spiro atoms. The number of carbonyl (C=O) groups is 2. The predicted molar refractivity (Wildman–Crippen MR) is 63.6 cm³/mol. The number of nitrogens with zero attached hydrogens (tertiary/aromatic N) is 2. The number of urea groups is 1. The van der Waals surface area contributed by atoms with Crippen LogP contribution in [-0.2, 0) is 0 Å². The van der Waals surface area contributed by atoms with Gasteiger partial charge in [-0.2, -0.15) is 4.39 Å². The van der Waals surface area contributed by atoms with Crippen molar-refractivity contribution in [3.63, 3.8) is 0 Å². The van der Waals surface area contributed by atoms with Crippen molar-refractivity contribution in [2.24, 2.45) is 0 Å². The van der Waals surface area contributed by atoms with Crippen molar-refractivity contribution in [3.8, 4) is 0 Å². The summed E-state index contributed by atoms with van der Waals surface area (Å²) in [6.45, 7) is 0.568. The topological polar surface area (TPSA) is 74.3 Å². The van der Waals surface area contributed by atoms with Gasteiger partial charge in [-0.05, 0) is 6.07 Å². The number of pyridine rings is 1. The lowest BCUT2D eigenvalue weighted by Crippen LogP contribution is -2.39. The number of halogens is 1. The molecule has 0 atom stereocenters. The van der Waals surface area contributed by atoms with Crippen molar-refractivity contribution in [2.75, 3.05) is 27.2 Å². The quantitative estimate of drug-likeness (QED) is 0.596. The minimum atomic E-state index is -0.705. The fraction of sp³-hybridized carbons (Fsp3) is 0.364. The molecule has 0 saturated heterocycles. The van der Waals surface area contributed by atoms with E-state index in [9.17, 15) is 14.0 Å². The van der Waals surface area contributed by atoms with Crippen LogP contribution in [0.5, 0.6) is 0 Å². The highest BCUT2D eigenvalue weighted by atomic mass is 19.1. The van der Waals surface area contributed by atoms with E-state index in [0.717, 1.165) is 6.07 Å². The second kappa shape index (κ2) is 6.53. The molecule has 1 rings (SSSR count). The van der Waals surface area contributed by atoms with Crippen LogP contribution >= 0.6 is 0 Å². The van der Waals surface area contributed by atoms with Gasteiger partial charge in [0.1, 0.15) is 0 Å². The monoisotopic (exact) mass is 254 g/mol. The van der Waals surface area contributed by atoms with Crippen molar-refractivity contribution in [2.45, 2.75) is 0 Å². The average Bonchev–Trinajstić information content (AvgIpc) is 2.33. The molecule has 0 bridgehead atoms. The Hall–Kier alpha value is -2.18. The van der Waals surface area contributed by atoms with Crippen LogP contribution in [0.2, 0.25) is 0 Å². The molecule has 7 heteroatoms. The predicted octanol–water partition coefficient (Wildman–Crippen LogP) is 0.222. The molecule has 0 saturated carbocycles. The van der Waals surface area contributed by atoms with E-state index in [2.05, 4.69) is 15.6 Å². The molecule has 3 amide bonds. The van der Waals surface area contributed by atoms with Crippen LogP contribution < -0.4 is 10.6 Å². The van der Waals surface area contributed by atoms with E-state index in [0.29, 0.717) is 6.54 Å². The van der Waals surface area contributed by atoms with Gasteiger partial charge in [-0.1, -0.05) is 0 Å². The largest absolute Gasteiger partial charge is 0.350 e. The molecule has 6 nitrogen and oxygen atoms in total. The third-order valence-electron chi connectivity index (χ3n) is 2.08. The van der Waals surface area contributed by atoms with Gasteiger partial charge < -0.3 is 15.5 Å². The van der Waals surface area contributed by atoms with E-state index in [-0.39, 0.29) is 18.1 Å². The van der Waals surface area contributed by atoms with Gasteiger partial charge in [-0.3, -0.25) is 4.79 Å². The number of hydrogen-bond acceptors (Lipinski definition) is 3. The van der Waals surface area contributed by atoms with E-state index in [1.807, 2.05) is 0 Å². The molecule has 0 aliphatic carbocycles. The van der Waals surface area contributed by atoms with E-state index in [1.165, 1.54) is 17.2 Å². The molecule has 2 N–H and O–H groups in total.